The highest BCUT2D eigenvalue weighted by Gasteiger charge is 2.09. The number of amides is 2. The van der Waals surface area contributed by atoms with Gasteiger partial charge in [-0.1, -0.05) is 0 Å². The average molecular weight is 240 g/mol. The number of nitrogens with one attached hydrogen (secondary N) is 3. The number of urea groups is 1. The summed E-state index contributed by atoms with van der Waals surface area (Å²) >= 11 is 0. The van der Waals surface area contributed by atoms with Crippen LogP contribution in [-0.4, -0.2) is 33.8 Å². The van der Waals surface area contributed by atoms with E-state index in [0.29, 0.717) is 13.0 Å². The fourth-order valence-corrected chi connectivity index (χ4v) is 1.27. The first kappa shape index (κ1) is 13.0. The molecule has 4 N–H and O–H groups in total. The van der Waals surface area contributed by atoms with E-state index in [0.717, 1.165) is 5.56 Å². The first-order valence-electron chi connectivity index (χ1n) is 5.34. The number of nitrogens with zero attached hydrogens (tertiary/aromatic N) is 1. The Hall–Kier alpha value is -2.05. The molecule has 1 rings (SSSR count). The van der Waals surface area contributed by atoms with Crippen molar-refractivity contribution in [2.24, 2.45) is 0 Å². The van der Waals surface area contributed by atoms with Crippen molar-refractivity contribution >= 4 is 12.0 Å². The van der Waals surface area contributed by atoms with Gasteiger partial charge >= 0.3 is 12.0 Å². The number of rotatable bonds is 6. The Morgan fingerprint density at radius 3 is 2.94 bits per heavy atom. The lowest BCUT2D eigenvalue weighted by Crippen LogP contribution is -2.37. The van der Waals surface area contributed by atoms with Crippen LogP contribution in [0.15, 0.2) is 12.4 Å². The summed E-state index contributed by atoms with van der Waals surface area (Å²) in [4.78, 5) is 21.6. The second kappa shape index (κ2) is 6.51. The number of aromatic nitrogens is 2. The molecule has 1 unspecified atom stereocenters. The van der Waals surface area contributed by atoms with Crippen LogP contribution in [0.2, 0.25) is 0 Å². The monoisotopic (exact) mass is 240 g/mol. The molecule has 2 amide bonds. The predicted octanol–water partition coefficient (Wildman–Crippen LogP) is 0.635. The molecule has 1 atom stereocenters. The molecule has 0 spiro atoms. The minimum Gasteiger partial charge on any atom is -0.481 e. The zero-order chi connectivity index (χ0) is 12.7. The van der Waals surface area contributed by atoms with E-state index in [1.165, 1.54) is 0 Å². The van der Waals surface area contributed by atoms with E-state index in [2.05, 4.69) is 20.8 Å². The fraction of sp³-hybridized carbons (Fsp3) is 0.500. The molecular formula is C10H16N4O3. The molecule has 7 heteroatoms. The zero-order valence-electron chi connectivity index (χ0n) is 9.56. The van der Waals surface area contributed by atoms with Crippen molar-refractivity contribution in [3.05, 3.63) is 18.0 Å². The van der Waals surface area contributed by atoms with E-state index in [-0.39, 0.29) is 18.5 Å². The third kappa shape index (κ3) is 5.01. The van der Waals surface area contributed by atoms with E-state index in [1.807, 2.05) is 6.92 Å². The van der Waals surface area contributed by atoms with Crippen LogP contribution in [-0.2, 0) is 4.79 Å². The molecule has 0 saturated carbocycles. The van der Waals surface area contributed by atoms with Crippen LogP contribution in [0, 0.1) is 0 Å². The van der Waals surface area contributed by atoms with Gasteiger partial charge in [-0.2, -0.15) is 5.10 Å². The minimum atomic E-state index is -0.862. The van der Waals surface area contributed by atoms with E-state index in [4.69, 9.17) is 5.11 Å². The summed E-state index contributed by atoms with van der Waals surface area (Å²) in [5, 5.41) is 20.2. The number of carbonyl (C=O) groups excluding carboxylic acids is 1. The number of carboxylic acid groups (broad SMARTS) is 1. The molecule has 0 aliphatic carbocycles. The summed E-state index contributed by atoms with van der Waals surface area (Å²) in [5.41, 5.74) is 0.880. The molecule has 94 valence electrons. The molecule has 1 aromatic rings. The molecule has 0 fully saturated rings. The van der Waals surface area contributed by atoms with Gasteiger partial charge in [-0.15, -0.1) is 0 Å². The molecular weight excluding hydrogens is 224 g/mol. The molecule has 7 nitrogen and oxygen atoms in total. The molecule has 0 saturated heterocycles. The first-order valence-corrected chi connectivity index (χ1v) is 5.34. The van der Waals surface area contributed by atoms with Crippen molar-refractivity contribution in [2.75, 3.05) is 6.54 Å². The molecule has 1 aromatic heterocycles. The largest absolute Gasteiger partial charge is 0.481 e. The van der Waals surface area contributed by atoms with E-state index in [1.54, 1.807) is 12.4 Å². The summed E-state index contributed by atoms with van der Waals surface area (Å²) in [6.07, 6.45) is 3.81. The number of hydrogen-bond acceptors (Lipinski definition) is 3. The lowest BCUT2D eigenvalue weighted by molar-refractivity contribution is -0.137. The number of aromatic amines is 1. The SMILES string of the molecule is CC(NC(=O)NCCCC(=O)O)c1cn[nH]c1. The fourth-order valence-electron chi connectivity index (χ4n) is 1.27. The van der Waals surface area contributed by atoms with Crippen molar-refractivity contribution in [2.45, 2.75) is 25.8 Å². The van der Waals surface area contributed by atoms with Crippen molar-refractivity contribution < 1.29 is 14.7 Å². The standard InChI is InChI=1S/C10H16N4O3/c1-7(8-5-12-13-6-8)14-10(17)11-4-2-3-9(15)16/h5-7H,2-4H2,1H3,(H,12,13)(H,15,16)(H2,11,14,17). The van der Waals surface area contributed by atoms with Crippen LogP contribution in [0.4, 0.5) is 4.79 Å². The smallest absolute Gasteiger partial charge is 0.315 e. The third-order valence-electron chi connectivity index (χ3n) is 2.22. The number of carbonyl (C=O) groups is 2. The van der Waals surface area contributed by atoms with Gasteiger partial charge in [0.2, 0.25) is 0 Å². The van der Waals surface area contributed by atoms with E-state index >= 15 is 0 Å². The maximum absolute atomic E-state index is 11.4. The summed E-state index contributed by atoms with van der Waals surface area (Å²) in [5.74, 6) is -0.862. The van der Waals surface area contributed by atoms with Crippen molar-refractivity contribution in [3.63, 3.8) is 0 Å². The Morgan fingerprint density at radius 1 is 1.59 bits per heavy atom. The molecule has 0 radical (unpaired) electrons. The Kier molecular flexibility index (Phi) is 4.99. The van der Waals surface area contributed by atoms with Crippen LogP contribution in [0.3, 0.4) is 0 Å². The Balaban J connectivity index is 2.19. The van der Waals surface area contributed by atoms with Gasteiger partial charge in [0, 0.05) is 24.7 Å². The summed E-state index contributed by atoms with van der Waals surface area (Å²) in [7, 11) is 0. The van der Waals surface area contributed by atoms with Crippen LogP contribution in [0.25, 0.3) is 0 Å². The number of H-pyrrole nitrogens is 1. The highest BCUT2D eigenvalue weighted by Crippen LogP contribution is 2.08. The molecule has 0 bridgehead atoms. The van der Waals surface area contributed by atoms with E-state index < -0.39 is 5.97 Å². The summed E-state index contributed by atoms with van der Waals surface area (Å²) in [6, 6.07) is -0.461. The van der Waals surface area contributed by atoms with E-state index in [9.17, 15) is 9.59 Å². The van der Waals surface area contributed by atoms with Crippen molar-refractivity contribution in [3.8, 4) is 0 Å². The van der Waals surface area contributed by atoms with Gasteiger partial charge in [0.05, 0.1) is 12.2 Å². The third-order valence-corrected chi connectivity index (χ3v) is 2.22. The summed E-state index contributed by atoms with van der Waals surface area (Å²) < 4.78 is 0. The van der Waals surface area contributed by atoms with Gasteiger partial charge in [-0.3, -0.25) is 9.89 Å². The molecule has 17 heavy (non-hydrogen) atoms. The van der Waals surface area contributed by atoms with Crippen molar-refractivity contribution in [1.29, 1.82) is 0 Å². The lowest BCUT2D eigenvalue weighted by atomic mass is 10.2. The van der Waals surface area contributed by atoms with Gasteiger partial charge in [0.25, 0.3) is 0 Å². The lowest BCUT2D eigenvalue weighted by Gasteiger charge is -2.12. The number of hydrogen-bond donors (Lipinski definition) is 4. The quantitative estimate of drug-likeness (QED) is 0.547. The van der Waals surface area contributed by atoms with Crippen LogP contribution < -0.4 is 10.6 Å². The molecule has 1 heterocycles. The topological polar surface area (TPSA) is 107 Å². The Morgan fingerprint density at radius 2 is 2.35 bits per heavy atom. The molecule has 0 aromatic carbocycles. The second-order valence-corrected chi connectivity index (χ2v) is 3.65. The average Bonchev–Trinajstić information content (AvgIpc) is 2.77. The van der Waals surface area contributed by atoms with Gasteiger partial charge in [0.15, 0.2) is 0 Å². The normalized spacial score (nSPS) is 11.8. The predicted molar refractivity (Wildman–Crippen MR) is 60.4 cm³/mol. The minimum absolute atomic E-state index is 0.0531. The van der Waals surface area contributed by atoms with Crippen LogP contribution in [0.1, 0.15) is 31.4 Å². The van der Waals surface area contributed by atoms with Gasteiger partial charge in [-0.05, 0) is 13.3 Å². The maximum Gasteiger partial charge on any atom is 0.315 e. The van der Waals surface area contributed by atoms with Gasteiger partial charge in [0.1, 0.15) is 0 Å². The Labute approximate surface area is 98.6 Å². The first-order chi connectivity index (χ1) is 8.09. The van der Waals surface area contributed by atoms with Crippen LogP contribution in [0.5, 0.6) is 0 Å². The highest BCUT2D eigenvalue weighted by atomic mass is 16.4. The number of carboxylic acids is 1. The zero-order valence-corrected chi connectivity index (χ0v) is 9.56. The highest BCUT2D eigenvalue weighted by molar-refractivity contribution is 5.74. The summed E-state index contributed by atoms with van der Waals surface area (Å²) in [6.45, 7) is 2.18. The van der Waals surface area contributed by atoms with Crippen molar-refractivity contribution in [1.82, 2.24) is 20.8 Å². The Bertz CT molecular complexity index is 364. The van der Waals surface area contributed by atoms with Crippen LogP contribution >= 0.6 is 0 Å². The van der Waals surface area contributed by atoms with Gasteiger partial charge < -0.3 is 15.7 Å². The molecule has 0 aliphatic heterocycles. The number of aliphatic carboxylic acids is 1. The molecule has 0 aliphatic rings. The second-order valence-electron chi connectivity index (χ2n) is 3.65. The van der Waals surface area contributed by atoms with Gasteiger partial charge in [-0.25, -0.2) is 4.79 Å². The maximum atomic E-state index is 11.4.